The number of hydrogen-bond acceptors (Lipinski definition) is 2. The maximum Gasteiger partial charge on any atom is 0.228 e. The molecule has 1 saturated carbocycles. The number of rotatable bonds is 7. The molecule has 1 aliphatic carbocycles. The molecule has 2 aromatic carbocycles. The van der Waals surface area contributed by atoms with Crippen LogP contribution in [-0.4, -0.2) is 36.3 Å². The van der Waals surface area contributed by atoms with Gasteiger partial charge in [0.1, 0.15) is 0 Å². The second-order valence-corrected chi connectivity index (χ2v) is 8.77. The second-order valence-electron chi connectivity index (χ2n) is 8.77. The van der Waals surface area contributed by atoms with Crippen molar-refractivity contribution >= 4 is 11.8 Å². The Kier molecular flexibility index (Phi) is 5.76. The van der Waals surface area contributed by atoms with E-state index in [4.69, 9.17) is 0 Å². The first-order chi connectivity index (χ1) is 14.5. The average Bonchev–Trinajstić information content (AvgIpc) is 3.52. The maximum atomic E-state index is 13.3. The van der Waals surface area contributed by atoms with Crippen molar-refractivity contribution in [1.29, 1.82) is 0 Å². The van der Waals surface area contributed by atoms with E-state index in [2.05, 4.69) is 55.2 Å². The second kappa shape index (κ2) is 8.47. The molecule has 156 valence electrons. The summed E-state index contributed by atoms with van der Waals surface area (Å²) in [7, 11) is 0. The first-order valence-corrected chi connectivity index (χ1v) is 10.9. The number of nitrogens with one attached hydrogen (secondary N) is 1. The molecule has 1 saturated heterocycles. The molecular formula is C26H30N2O2. The molecule has 4 rings (SSSR count). The highest BCUT2D eigenvalue weighted by Crippen LogP contribution is 2.40. The van der Waals surface area contributed by atoms with Crippen molar-refractivity contribution in [1.82, 2.24) is 10.2 Å². The summed E-state index contributed by atoms with van der Waals surface area (Å²) in [5.74, 6) is 0.421. The Labute approximate surface area is 179 Å². The van der Waals surface area contributed by atoms with Crippen LogP contribution < -0.4 is 5.32 Å². The standard InChI is InChI=1S/C26H30N2O2/c1-3-14-27-25(30)26(13-15-28(18-26)24(29)20-11-12-20)17-22-8-4-5-10-23(22)21-9-6-7-19(2)16-21/h3-10,16,20H,1,11-15,17-18H2,2H3,(H,27,30)/t26-/m0/s1. The van der Waals surface area contributed by atoms with Gasteiger partial charge in [-0.05, 0) is 49.3 Å². The lowest BCUT2D eigenvalue weighted by Gasteiger charge is -2.29. The Balaban J connectivity index is 1.65. The summed E-state index contributed by atoms with van der Waals surface area (Å²) in [5.41, 5.74) is 4.08. The number of benzene rings is 2. The zero-order chi connectivity index (χ0) is 21.1. The molecule has 2 fully saturated rings. The summed E-state index contributed by atoms with van der Waals surface area (Å²) in [4.78, 5) is 27.9. The van der Waals surface area contributed by atoms with E-state index in [1.54, 1.807) is 6.08 Å². The summed E-state index contributed by atoms with van der Waals surface area (Å²) < 4.78 is 0. The van der Waals surface area contributed by atoms with Gasteiger partial charge in [0.2, 0.25) is 11.8 Å². The van der Waals surface area contributed by atoms with Crippen LogP contribution in [-0.2, 0) is 16.0 Å². The highest BCUT2D eigenvalue weighted by atomic mass is 16.2. The highest BCUT2D eigenvalue weighted by Gasteiger charge is 2.48. The molecule has 2 amide bonds. The number of aryl methyl sites for hydroxylation is 1. The molecule has 1 heterocycles. The zero-order valence-corrected chi connectivity index (χ0v) is 17.7. The minimum Gasteiger partial charge on any atom is -0.352 e. The molecule has 30 heavy (non-hydrogen) atoms. The molecule has 2 aliphatic rings. The largest absolute Gasteiger partial charge is 0.352 e. The third-order valence-electron chi connectivity index (χ3n) is 6.36. The summed E-state index contributed by atoms with van der Waals surface area (Å²) >= 11 is 0. The van der Waals surface area contributed by atoms with Crippen molar-refractivity contribution in [3.8, 4) is 11.1 Å². The molecule has 4 nitrogen and oxygen atoms in total. The Bertz CT molecular complexity index is 963. The van der Waals surface area contributed by atoms with Crippen molar-refractivity contribution in [2.75, 3.05) is 19.6 Å². The van der Waals surface area contributed by atoms with E-state index in [-0.39, 0.29) is 17.7 Å². The van der Waals surface area contributed by atoms with Crippen LogP contribution in [0.1, 0.15) is 30.4 Å². The fourth-order valence-electron chi connectivity index (χ4n) is 4.54. The van der Waals surface area contributed by atoms with Crippen molar-refractivity contribution in [2.45, 2.75) is 32.6 Å². The van der Waals surface area contributed by atoms with Crippen LogP contribution in [0.3, 0.4) is 0 Å². The van der Waals surface area contributed by atoms with Gasteiger partial charge in [-0.25, -0.2) is 0 Å². The van der Waals surface area contributed by atoms with E-state index in [0.29, 0.717) is 32.5 Å². The average molecular weight is 403 g/mol. The van der Waals surface area contributed by atoms with Gasteiger partial charge in [0, 0.05) is 25.6 Å². The molecule has 0 unspecified atom stereocenters. The lowest BCUT2D eigenvalue weighted by molar-refractivity contribution is -0.134. The fraction of sp³-hybridized carbons (Fsp3) is 0.385. The van der Waals surface area contributed by atoms with Crippen LogP contribution in [0.2, 0.25) is 0 Å². The van der Waals surface area contributed by atoms with Crippen molar-refractivity contribution in [3.63, 3.8) is 0 Å². The van der Waals surface area contributed by atoms with Crippen molar-refractivity contribution in [2.24, 2.45) is 11.3 Å². The number of carbonyl (C=O) groups is 2. The topological polar surface area (TPSA) is 49.4 Å². The van der Waals surface area contributed by atoms with Gasteiger partial charge in [-0.15, -0.1) is 6.58 Å². The monoisotopic (exact) mass is 402 g/mol. The molecule has 1 aliphatic heterocycles. The number of nitrogens with zero attached hydrogens (tertiary/aromatic N) is 1. The first kappa shape index (κ1) is 20.4. The quantitative estimate of drug-likeness (QED) is 0.708. The molecule has 0 bridgehead atoms. The number of carbonyl (C=O) groups excluding carboxylic acids is 2. The molecule has 4 heteroatoms. The molecular weight excluding hydrogens is 372 g/mol. The van der Waals surface area contributed by atoms with Crippen LogP contribution in [0, 0.1) is 18.3 Å². The third-order valence-corrected chi connectivity index (χ3v) is 6.36. The summed E-state index contributed by atoms with van der Waals surface area (Å²) in [6.45, 7) is 7.41. The third kappa shape index (κ3) is 4.18. The van der Waals surface area contributed by atoms with Gasteiger partial charge in [0.05, 0.1) is 5.41 Å². The van der Waals surface area contributed by atoms with E-state index in [9.17, 15) is 9.59 Å². The summed E-state index contributed by atoms with van der Waals surface area (Å²) in [5, 5.41) is 3.01. The molecule has 0 spiro atoms. The van der Waals surface area contributed by atoms with Gasteiger partial charge < -0.3 is 10.2 Å². The SMILES string of the molecule is C=CCNC(=O)[C@]1(Cc2ccccc2-c2cccc(C)c2)CCN(C(=O)C2CC2)C1. The minimum atomic E-state index is -0.604. The van der Waals surface area contributed by atoms with E-state index in [1.165, 1.54) is 5.56 Å². The predicted molar refractivity (Wildman–Crippen MR) is 120 cm³/mol. The molecule has 0 aromatic heterocycles. The van der Waals surface area contributed by atoms with Gasteiger partial charge >= 0.3 is 0 Å². The zero-order valence-electron chi connectivity index (χ0n) is 17.7. The Morgan fingerprint density at radius 2 is 2.00 bits per heavy atom. The lowest BCUT2D eigenvalue weighted by atomic mass is 9.78. The van der Waals surface area contributed by atoms with Crippen LogP contribution in [0.5, 0.6) is 0 Å². The molecule has 1 N–H and O–H groups in total. The van der Waals surface area contributed by atoms with E-state index in [1.807, 2.05) is 17.0 Å². The Morgan fingerprint density at radius 1 is 1.20 bits per heavy atom. The van der Waals surface area contributed by atoms with Crippen LogP contribution in [0.15, 0.2) is 61.2 Å². The van der Waals surface area contributed by atoms with Crippen LogP contribution in [0.4, 0.5) is 0 Å². The van der Waals surface area contributed by atoms with Crippen LogP contribution in [0.25, 0.3) is 11.1 Å². The number of likely N-dealkylation sites (tertiary alicyclic amines) is 1. The summed E-state index contributed by atoms with van der Waals surface area (Å²) in [6, 6.07) is 16.8. The number of amides is 2. The van der Waals surface area contributed by atoms with Crippen molar-refractivity contribution < 1.29 is 9.59 Å². The molecule has 2 aromatic rings. The maximum absolute atomic E-state index is 13.3. The van der Waals surface area contributed by atoms with Gasteiger partial charge in [0.25, 0.3) is 0 Å². The molecule has 0 radical (unpaired) electrons. The van der Waals surface area contributed by atoms with E-state index < -0.39 is 5.41 Å². The Morgan fingerprint density at radius 3 is 2.73 bits per heavy atom. The predicted octanol–water partition coefficient (Wildman–Crippen LogP) is 4.14. The van der Waals surface area contributed by atoms with E-state index >= 15 is 0 Å². The van der Waals surface area contributed by atoms with E-state index in [0.717, 1.165) is 29.5 Å². The lowest BCUT2D eigenvalue weighted by Crippen LogP contribution is -2.45. The van der Waals surface area contributed by atoms with Gasteiger partial charge in [-0.3, -0.25) is 9.59 Å². The van der Waals surface area contributed by atoms with Crippen LogP contribution >= 0.6 is 0 Å². The smallest absolute Gasteiger partial charge is 0.228 e. The molecule has 1 atom stereocenters. The normalized spacial score (nSPS) is 20.8. The van der Waals surface area contributed by atoms with Gasteiger partial charge in [-0.2, -0.15) is 0 Å². The fourth-order valence-corrected chi connectivity index (χ4v) is 4.54. The Hall–Kier alpha value is -2.88. The number of hydrogen-bond donors (Lipinski definition) is 1. The first-order valence-electron chi connectivity index (χ1n) is 10.9. The minimum absolute atomic E-state index is 0.0209. The van der Waals surface area contributed by atoms with Gasteiger partial charge in [0.15, 0.2) is 0 Å². The van der Waals surface area contributed by atoms with Gasteiger partial charge in [-0.1, -0.05) is 60.2 Å². The van der Waals surface area contributed by atoms with Crippen molar-refractivity contribution in [3.05, 3.63) is 72.3 Å². The summed E-state index contributed by atoms with van der Waals surface area (Å²) in [6.07, 6.45) is 4.99. The highest BCUT2D eigenvalue weighted by molar-refractivity contribution is 5.87.